The summed E-state index contributed by atoms with van der Waals surface area (Å²) in [6.07, 6.45) is 11.7. The van der Waals surface area contributed by atoms with Gasteiger partial charge in [0.05, 0.1) is 5.41 Å². The fourth-order valence-electron chi connectivity index (χ4n) is 6.46. The van der Waals surface area contributed by atoms with E-state index < -0.39 is 5.97 Å². The summed E-state index contributed by atoms with van der Waals surface area (Å²) in [6.45, 7) is 19.9. The molecular weight excluding hydrogens is 492 g/mol. The van der Waals surface area contributed by atoms with E-state index in [4.69, 9.17) is 5.11 Å². The van der Waals surface area contributed by atoms with E-state index in [0.717, 1.165) is 25.9 Å². The molecule has 0 amide bonds. The molecule has 0 aromatic heterocycles. The molecule has 0 radical (unpaired) electrons. The Morgan fingerprint density at radius 3 is 2.23 bits per heavy atom. The molecule has 0 saturated carbocycles. The lowest BCUT2D eigenvalue weighted by Gasteiger charge is -2.26. The van der Waals surface area contributed by atoms with E-state index in [9.17, 15) is 4.79 Å². The molecule has 0 bridgehead atoms. The van der Waals surface area contributed by atoms with Crippen LogP contribution in [0.15, 0.2) is 72.0 Å². The van der Waals surface area contributed by atoms with Crippen molar-refractivity contribution in [2.45, 2.75) is 91.9 Å². The van der Waals surface area contributed by atoms with Gasteiger partial charge in [-0.3, -0.25) is 4.79 Å². The summed E-state index contributed by atoms with van der Waals surface area (Å²) in [5.74, 6) is -0.725. The van der Waals surface area contributed by atoms with Crippen molar-refractivity contribution in [2.75, 3.05) is 18.0 Å². The smallest absolute Gasteiger partial charge is 0.303 e. The third-order valence-corrected chi connectivity index (χ3v) is 8.74. The second-order valence-electron chi connectivity index (χ2n) is 12.4. The second-order valence-corrected chi connectivity index (χ2v) is 12.4. The van der Waals surface area contributed by atoms with Crippen LogP contribution in [-0.4, -0.2) is 34.5 Å². The molecule has 2 aromatic carbocycles. The van der Waals surface area contributed by atoms with Crippen LogP contribution in [0.4, 0.5) is 11.4 Å². The topological polar surface area (TPSA) is 43.5 Å². The van der Waals surface area contributed by atoms with E-state index in [0.29, 0.717) is 6.42 Å². The molecule has 0 aliphatic carbocycles. The number of hydrogen-bond donors (Lipinski definition) is 1. The van der Waals surface area contributed by atoms with Gasteiger partial charge in [-0.05, 0) is 90.2 Å². The number of carboxylic acids is 1. The van der Waals surface area contributed by atoms with Crippen LogP contribution in [0.3, 0.4) is 0 Å². The van der Waals surface area contributed by atoms with Crippen LogP contribution in [0.5, 0.6) is 0 Å². The number of likely N-dealkylation sites (N-methyl/N-ethyl adjacent to an activating group) is 1. The third-order valence-electron chi connectivity index (χ3n) is 8.74. The largest absolute Gasteiger partial charge is 0.481 e. The number of allylic oxidation sites excluding steroid dienone is 6. The molecule has 4 nitrogen and oxygen atoms in total. The minimum Gasteiger partial charge on any atom is -0.481 e. The molecule has 0 unspecified atom stereocenters. The van der Waals surface area contributed by atoms with Gasteiger partial charge >= 0.3 is 5.97 Å². The fourth-order valence-corrected chi connectivity index (χ4v) is 6.46. The molecule has 40 heavy (non-hydrogen) atoms. The Balaban J connectivity index is 1.72. The van der Waals surface area contributed by atoms with Gasteiger partial charge in [0, 0.05) is 47.5 Å². The fraction of sp³-hybridized carbons (Fsp3) is 0.444. The predicted octanol–water partition coefficient (Wildman–Crippen LogP) is 8.53. The third kappa shape index (κ3) is 5.59. The van der Waals surface area contributed by atoms with Crippen LogP contribution in [0.2, 0.25) is 0 Å². The summed E-state index contributed by atoms with van der Waals surface area (Å²) in [5, 5.41) is 9.16. The monoisotopic (exact) mass is 539 g/mol. The number of rotatable bonds is 10. The number of nitrogens with zero attached hydrogens (tertiary/aromatic N) is 2. The Bertz CT molecular complexity index is 1420. The molecule has 2 aliphatic heterocycles. The van der Waals surface area contributed by atoms with Crippen LogP contribution < -0.4 is 4.90 Å². The van der Waals surface area contributed by atoms with E-state index in [1.807, 2.05) is 0 Å². The first-order chi connectivity index (χ1) is 18.9. The van der Waals surface area contributed by atoms with E-state index >= 15 is 0 Å². The number of carbonyl (C=O) groups is 1. The first-order valence-corrected chi connectivity index (χ1v) is 14.9. The maximum atomic E-state index is 11.1. The van der Waals surface area contributed by atoms with Gasteiger partial charge < -0.3 is 10.0 Å². The number of carboxylic acid groups (broad SMARTS) is 1. The molecule has 2 aliphatic rings. The highest BCUT2D eigenvalue weighted by molar-refractivity contribution is 6.03. The Labute approximate surface area is 241 Å². The zero-order valence-electron chi connectivity index (χ0n) is 25.8. The highest BCUT2D eigenvalue weighted by Crippen LogP contribution is 2.48. The van der Waals surface area contributed by atoms with Crippen LogP contribution in [-0.2, 0) is 15.6 Å². The number of hydrogen-bond acceptors (Lipinski definition) is 2. The molecular formula is C36H47N2O2+. The highest BCUT2D eigenvalue weighted by atomic mass is 16.4. The highest BCUT2D eigenvalue weighted by Gasteiger charge is 2.44. The molecule has 4 heteroatoms. The maximum absolute atomic E-state index is 11.1. The van der Waals surface area contributed by atoms with Gasteiger partial charge in [-0.25, -0.2) is 0 Å². The van der Waals surface area contributed by atoms with E-state index in [2.05, 4.69) is 126 Å². The summed E-state index contributed by atoms with van der Waals surface area (Å²) < 4.78 is 2.43. The van der Waals surface area contributed by atoms with E-state index in [1.165, 1.54) is 50.6 Å². The van der Waals surface area contributed by atoms with Crippen molar-refractivity contribution in [1.29, 1.82) is 0 Å². The molecule has 0 fully saturated rings. The molecule has 1 N–H and O–H groups in total. The molecule has 2 heterocycles. The Morgan fingerprint density at radius 1 is 0.925 bits per heavy atom. The zero-order chi connectivity index (χ0) is 29.2. The lowest BCUT2D eigenvalue weighted by Crippen LogP contribution is -2.27. The molecule has 212 valence electrons. The normalized spacial score (nSPS) is 18.6. The number of anilines is 1. The molecule has 0 atom stereocenters. The van der Waals surface area contributed by atoms with Crippen molar-refractivity contribution in [3.05, 3.63) is 94.2 Å². The number of aryl methyl sites for hydroxylation is 2. The van der Waals surface area contributed by atoms with Crippen LogP contribution in [0, 0.1) is 13.8 Å². The van der Waals surface area contributed by atoms with Gasteiger partial charge in [-0.2, -0.15) is 4.58 Å². The first-order valence-electron chi connectivity index (χ1n) is 14.9. The average Bonchev–Trinajstić information content (AvgIpc) is 3.24. The van der Waals surface area contributed by atoms with Gasteiger partial charge in [0.15, 0.2) is 5.71 Å². The number of benzene rings is 2. The number of fused-ring (bicyclic) bond motifs is 2. The van der Waals surface area contributed by atoms with Crippen molar-refractivity contribution >= 4 is 23.1 Å². The second kappa shape index (κ2) is 11.6. The van der Waals surface area contributed by atoms with Crippen molar-refractivity contribution in [3.63, 3.8) is 0 Å². The average molecular weight is 540 g/mol. The van der Waals surface area contributed by atoms with Gasteiger partial charge in [-0.1, -0.05) is 55.3 Å². The molecule has 4 rings (SSSR count). The van der Waals surface area contributed by atoms with Crippen molar-refractivity contribution in [1.82, 2.24) is 0 Å². The Hall–Kier alpha value is -3.40. The summed E-state index contributed by atoms with van der Waals surface area (Å²) in [7, 11) is 0. The summed E-state index contributed by atoms with van der Waals surface area (Å²) in [6, 6.07) is 13.6. The standard InChI is InChI=1S/C36H46N2O2/c1-9-37-30-19-15-25(3)23-28(30)35(5,6)32(37)21-17-27(13-11-12-14-34(39)40)18-22-33-36(7,8)29-24-26(4)16-20-31(29)38(33)10-2/h15-24H,9-14H2,1-8H3/p+1. The summed E-state index contributed by atoms with van der Waals surface area (Å²) >= 11 is 0. The number of unbranched alkanes of at least 4 members (excludes halogenated alkanes) is 1. The van der Waals surface area contributed by atoms with Crippen molar-refractivity contribution in [3.8, 4) is 0 Å². The predicted molar refractivity (Wildman–Crippen MR) is 168 cm³/mol. The summed E-state index contributed by atoms with van der Waals surface area (Å²) in [5.41, 5.74) is 11.6. The van der Waals surface area contributed by atoms with Crippen LogP contribution >= 0.6 is 0 Å². The van der Waals surface area contributed by atoms with Gasteiger partial charge in [0.25, 0.3) is 0 Å². The minimum absolute atomic E-state index is 0.0906. The lowest BCUT2D eigenvalue weighted by molar-refractivity contribution is -0.433. The van der Waals surface area contributed by atoms with E-state index in [-0.39, 0.29) is 17.3 Å². The first kappa shape index (κ1) is 29.6. The SMILES string of the molecule is CCN1/C(=C/C=C(/C=C/C2=[N+](CC)c3ccc(C)cc3C2(C)C)CCCCC(=O)O)C(C)(C)c2cc(C)ccc21. The van der Waals surface area contributed by atoms with Gasteiger partial charge in [0.1, 0.15) is 6.54 Å². The van der Waals surface area contributed by atoms with Crippen molar-refractivity contribution in [2.24, 2.45) is 0 Å². The van der Waals surface area contributed by atoms with E-state index in [1.54, 1.807) is 0 Å². The van der Waals surface area contributed by atoms with Gasteiger partial charge in [-0.15, -0.1) is 0 Å². The number of aliphatic carboxylic acids is 1. The van der Waals surface area contributed by atoms with Gasteiger partial charge in [0.2, 0.25) is 5.69 Å². The maximum Gasteiger partial charge on any atom is 0.303 e. The Morgan fingerprint density at radius 2 is 1.57 bits per heavy atom. The zero-order valence-corrected chi connectivity index (χ0v) is 25.8. The van der Waals surface area contributed by atoms with Crippen LogP contribution in [0.1, 0.15) is 89.5 Å². The summed E-state index contributed by atoms with van der Waals surface area (Å²) in [4.78, 5) is 13.6. The Kier molecular flexibility index (Phi) is 8.58. The van der Waals surface area contributed by atoms with Crippen molar-refractivity contribution < 1.29 is 14.5 Å². The molecule has 0 spiro atoms. The lowest BCUT2D eigenvalue weighted by atomic mass is 9.80. The van der Waals surface area contributed by atoms with Crippen LogP contribution in [0.25, 0.3) is 0 Å². The minimum atomic E-state index is -0.725. The molecule has 0 saturated heterocycles. The molecule has 2 aromatic rings. The quantitative estimate of drug-likeness (QED) is 0.187.